The van der Waals surface area contributed by atoms with Crippen molar-refractivity contribution in [2.75, 3.05) is 26.7 Å². The van der Waals surface area contributed by atoms with Crippen LogP contribution in [0.2, 0.25) is 0 Å². The number of likely N-dealkylation sites (N-methyl/N-ethyl adjacent to an activating group) is 1. The smallest absolute Gasteiger partial charge is 0.256 e. The van der Waals surface area contributed by atoms with Crippen LogP contribution in [-0.2, 0) is 0 Å². The van der Waals surface area contributed by atoms with Crippen molar-refractivity contribution in [3.8, 4) is 11.3 Å². The fraction of sp³-hybridized carbons (Fsp3) is 0.250. The van der Waals surface area contributed by atoms with Gasteiger partial charge >= 0.3 is 0 Å². The van der Waals surface area contributed by atoms with Gasteiger partial charge in [-0.25, -0.2) is 0 Å². The first-order valence-electron chi connectivity index (χ1n) is 9.71. The zero-order valence-electron chi connectivity index (χ0n) is 16.4. The van der Waals surface area contributed by atoms with Crippen LogP contribution in [0.3, 0.4) is 0 Å². The van der Waals surface area contributed by atoms with Crippen molar-refractivity contribution in [1.82, 2.24) is 14.8 Å². The molecule has 1 aromatic heterocycles. The maximum Gasteiger partial charge on any atom is 0.256 e. The van der Waals surface area contributed by atoms with E-state index in [1.54, 1.807) is 0 Å². The number of hydrogen-bond acceptors (Lipinski definition) is 3. The van der Waals surface area contributed by atoms with Crippen LogP contribution in [-0.4, -0.2) is 47.4 Å². The zero-order chi connectivity index (χ0) is 19.5. The van der Waals surface area contributed by atoms with E-state index < -0.39 is 0 Å². The quantitative estimate of drug-likeness (QED) is 0.693. The summed E-state index contributed by atoms with van der Waals surface area (Å²) in [5, 5.41) is 0. The summed E-state index contributed by atoms with van der Waals surface area (Å²) >= 11 is 0. The molecule has 1 atom stereocenters. The predicted molar refractivity (Wildman–Crippen MR) is 112 cm³/mol. The highest BCUT2D eigenvalue weighted by Gasteiger charge is 2.31. The van der Waals surface area contributed by atoms with Crippen molar-refractivity contribution in [1.29, 1.82) is 0 Å². The Morgan fingerprint density at radius 1 is 0.929 bits per heavy atom. The molecule has 0 saturated carbocycles. The van der Waals surface area contributed by atoms with E-state index in [0.29, 0.717) is 5.56 Å². The summed E-state index contributed by atoms with van der Waals surface area (Å²) in [5.74, 6) is 0.0616. The van der Waals surface area contributed by atoms with Gasteiger partial charge in [-0.2, -0.15) is 0 Å². The van der Waals surface area contributed by atoms with Crippen LogP contribution < -0.4 is 0 Å². The van der Waals surface area contributed by atoms with Crippen LogP contribution in [0, 0.1) is 6.92 Å². The molecule has 0 aliphatic carbocycles. The van der Waals surface area contributed by atoms with Crippen molar-refractivity contribution < 1.29 is 4.79 Å². The largest absolute Gasteiger partial charge is 0.329 e. The molecule has 0 bridgehead atoms. The van der Waals surface area contributed by atoms with E-state index in [4.69, 9.17) is 4.98 Å². The van der Waals surface area contributed by atoms with Gasteiger partial charge < -0.3 is 9.80 Å². The Hall–Kier alpha value is -2.98. The van der Waals surface area contributed by atoms with Gasteiger partial charge in [0.2, 0.25) is 0 Å². The maximum absolute atomic E-state index is 13.4. The average Bonchev–Trinajstić information content (AvgIpc) is 2.74. The first-order chi connectivity index (χ1) is 13.6. The molecule has 2 heterocycles. The molecule has 0 radical (unpaired) electrons. The van der Waals surface area contributed by atoms with Gasteiger partial charge in [-0.05, 0) is 31.7 Å². The topological polar surface area (TPSA) is 36.4 Å². The van der Waals surface area contributed by atoms with E-state index in [9.17, 15) is 4.79 Å². The molecular formula is C24H25N3O. The van der Waals surface area contributed by atoms with E-state index in [1.165, 1.54) is 5.56 Å². The lowest BCUT2D eigenvalue weighted by molar-refractivity contribution is 0.0497. The van der Waals surface area contributed by atoms with E-state index in [-0.39, 0.29) is 11.9 Å². The minimum atomic E-state index is 0.0562. The number of amides is 1. The Kier molecular flexibility index (Phi) is 5.22. The highest BCUT2D eigenvalue weighted by Crippen LogP contribution is 2.28. The van der Waals surface area contributed by atoms with Crippen molar-refractivity contribution in [2.45, 2.75) is 13.0 Å². The van der Waals surface area contributed by atoms with Crippen LogP contribution in [0.25, 0.3) is 11.3 Å². The van der Waals surface area contributed by atoms with Gasteiger partial charge in [-0.15, -0.1) is 0 Å². The molecule has 1 saturated heterocycles. The first-order valence-corrected chi connectivity index (χ1v) is 9.71. The number of piperazine rings is 1. The molecule has 1 aliphatic rings. The number of rotatable bonds is 3. The van der Waals surface area contributed by atoms with Gasteiger partial charge in [-0.1, -0.05) is 60.7 Å². The fourth-order valence-corrected chi connectivity index (χ4v) is 3.83. The first kappa shape index (κ1) is 18.4. The number of benzene rings is 2. The van der Waals surface area contributed by atoms with E-state index >= 15 is 0 Å². The number of hydrogen-bond donors (Lipinski definition) is 0. The van der Waals surface area contributed by atoms with Crippen molar-refractivity contribution >= 4 is 5.91 Å². The average molecular weight is 371 g/mol. The third kappa shape index (κ3) is 3.69. The Bertz CT molecular complexity index is 956. The summed E-state index contributed by atoms with van der Waals surface area (Å²) in [7, 11) is 2.11. The van der Waals surface area contributed by atoms with Crippen molar-refractivity contribution in [3.05, 3.63) is 89.6 Å². The number of aromatic nitrogens is 1. The molecule has 142 valence electrons. The van der Waals surface area contributed by atoms with Gasteiger partial charge in [0, 0.05) is 25.2 Å². The minimum Gasteiger partial charge on any atom is -0.329 e. The monoisotopic (exact) mass is 371 g/mol. The predicted octanol–water partition coefficient (Wildman–Crippen LogP) is 4.19. The van der Waals surface area contributed by atoms with Crippen LogP contribution in [0.1, 0.15) is 27.7 Å². The van der Waals surface area contributed by atoms with Crippen molar-refractivity contribution in [3.63, 3.8) is 0 Å². The summed E-state index contributed by atoms with van der Waals surface area (Å²) in [6.45, 7) is 4.36. The Balaban J connectivity index is 1.64. The number of nitrogens with zero attached hydrogens (tertiary/aromatic N) is 3. The van der Waals surface area contributed by atoms with Gasteiger partial charge in [0.25, 0.3) is 5.91 Å². The lowest BCUT2D eigenvalue weighted by Crippen LogP contribution is -2.49. The number of carbonyl (C=O) groups is 1. The van der Waals surface area contributed by atoms with Crippen LogP contribution in [0.5, 0.6) is 0 Å². The second-order valence-electron chi connectivity index (χ2n) is 7.38. The molecule has 1 unspecified atom stereocenters. The summed E-state index contributed by atoms with van der Waals surface area (Å²) in [5.41, 5.74) is 4.59. The van der Waals surface area contributed by atoms with E-state index in [0.717, 1.165) is 36.6 Å². The number of aryl methyl sites for hydroxylation is 1. The van der Waals surface area contributed by atoms with E-state index in [2.05, 4.69) is 24.1 Å². The standard InChI is InChI=1S/C24H25N3O/c1-18-21(13-14-22(25-18)19-9-5-3-6-10-19)24(28)27-16-15-26(2)17-23(27)20-11-7-4-8-12-20/h3-14,23H,15-17H2,1-2H3. The van der Waals surface area contributed by atoms with Gasteiger partial charge in [0.1, 0.15) is 0 Å². The lowest BCUT2D eigenvalue weighted by atomic mass is 10.0. The zero-order valence-corrected chi connectivity index (χ0v) is 16.4. The number of carbonyl (C=O) groups excluding carboxylic acids is 1. The molecular weight excluding hydrogens is 346 g/mol. The summed E-state index contributed by atoms with van der Waals surface area (Å²) in [4.78, 5) is 22.4. The molecule has 1 fully saturated rings. The molecule has 4 heteroatoms. The molecule has 1 aliphatic heterocycles. The van der Waals surface area contributed by atoms with Gasteiger partial charge in [0.05, 0.1) is 23.0 Å². The highest BCUT2D eigenvalue weighted by molar-refractivity contribution is 5.96. The summed E-state index contributed by atoms with van der Waals surface area (Å²) < 4.78 is 0. The maximum atomic E-state index is 13.4. The summed E-state index contributed by atoms with van der Waals surface area (Å²) in [6.07, 6.45) is 0. The highest BCUT2D eigenvalue weighted by atomic mass is 16.2. The second-order valence-corrected chi connectivity index (χ2v) is 7.38. The molecule has 1 amide bonds. The van der Waals surface area contributed by atoms with Crippen LogP contribution >= 0.6 is 0 Å². The van der Waals surface area contributed by atoms with Gasteiger partial charge in [0.15, 0.2) is 0 Å². The van der Waals surface area contributed by atoms with Crippen LogP contribution in [0.15, 0.2) is 72.8 Å². The molecule has 3 aromatic rings. The normalized spacial score (nSPS) is 17.5. The number of pyridine rings is 1. The SMILES string of the molecule is Cc1nc(-c2ccccc2)ccc1C(=O)N1CCN(C)CC1c1ccccc1. The van der Waals surface area contributed by atoms with E-state index in [1.807, 2.05) is 72.5 Å². The summed E-state index contributed by atoms with van der Waals surface area (Å²) in [6, 6.07) is 24.3. The fourth-order valence-electron chi connectivity index (χ4n) is 3.83. The minimum absolute atomic E-state index is 0.0562. The third-order valence-corrected chi connectivity index (χ3v) is 5.41. The second kappa shape index (κ2) is 7.95. The van der Waals surface area contributed by atoms with Crippen LogP contribution in [0.4, 0.5) is 0 Å². The molecule has 2 aromatic carbocycles. The molecule has 0 spiro atoms. The third-order valence-electron chi connectivity index (χ3n) is 5.41. The molecule has 4 nitrogen and oxygen atoms in total. The Labute approximate surface area is 166 Å². The van der Waals surface area contributed by atoms with Crippen molar-refractivity contribution in [2.24, 2.45) is 0 Å². The molecule has 4 rings (SSSR count). The Morgan fingerprint density at radius 3 is 2.29 bits per heavy atom. The lowest BCUT2D eigenvalue weighted by Gasteiger charge is -2.40. The molecule has 0 N–H and O–H groups in total. The molecule has 28 heavy (non-hydrogen) atoms. The Morgan fingerprint density at radius 2 is 1.61 bits per heavy atom. The van der Waals surface area contributed by atoms with Gasteiger partial charge in [-0.3, -0.25) is 9.78 Å².